The van der Waals surface area contributed by atoms with Crippen LogP contribution in [0.25, 0.3) is 0 Å². The molecule has 2 saturated heterocycles. The predicted octanol–water partition coefficient (Wildman–Crippen LogP) is 6.08. The van der Waals surface area contributed by atoms with Gasteiger partial charge in [-0.15, -0.1) is 26.3 Å². The number of methoxy groups -OCH3 is 1. The fraction of sp³-hybridized carbons (Fsp3) is 0.531. The minimum atomic E-state index is -4.99. The molecule has 2 aromatic rings. The van der Waals surface area contributed by atoms with Crippen LogP contribution < -0.4 is 14.8 Å². The molecule has 46 heavy (non-hydrogen) atoms. The van der Waals surface area contributed by atoms with Crippen molar-refractivity contribution < 1.29 is 54.9 Å². The number of imide groups is 1. The van der Waals surface area contributed by atoms with Crippen molar-refractivity contribution in [1.29, 1.82) is 0 Å². The molecule has 0 bridgehead atoms. The number of ether oxygens (including phenoxy) is 3. The Bertz CT molecular complexity index is 1400. The van der Waals surface area contributed by atoms with Crippen LogP contribution in [-0.4, -0.2) is 54.6 Å². The number of fused-ring (bicyclic) bond motifs is 1. The van der Waals surface area contributed by atoms with Gasteiger partial charge < -0.3 is 14.2 Å². The van der Waals surface area contributed by atoms with Gasteiger partial charge in [-0.2, -0.15) is 0 Å². The minimum absolute atomic E-state index is 0.0273. The average molecular weight is 657 g/mol. The van der Waals surface area contributed by atoms with Gasteiger partial charge in [-0.1, -0.05) is 45.0 Å². The van der Waals surface area contributed by atoms with Gasteiger partial charge in [-0.3, -0.25) is 24.6 Å². The van der Waals surface area contributed by atoms with Crippen molar-refractivity contribution in [3.8, 4) is 11.5 Å². The van der Waals surface area contributed by atoms with Gasteiger partial charge in [0.05, 0.1) is 24.5 Å². The summed E-state index contributed by atoms with van der Waals surface area (Å²) in [6.45, 7) is 6.39. The highest BCUT2D eigenvalue weighted by atomic mass is 19.4. The Balaban J connectivity index is 1.62. The van der Waals surface area contributed by atoms with E-state index >= 15 is 0 Å². The van der Waals surface area contributed by atoms with E-state index in [1.54, 1.807) is 0 Å². The van der Waals surface area contributed by atoms with Gasteiger partial charge in [-0.25, -0.2) is 0 Å². The summed E-state index contributed by atoms with van der Waals surface area (Å²) in [7, 11) is 1.11. The van der Waals surface area contributed by atoms with E-state index in [-0.39, 0.29) is 16.5 Å². The van der Waals surface area contributed by atoms with Gasteiger partial charge in [0.1, 0.15) is 17.5 Å². The fourth-order valence-electron chi connectivity index (χ4n) is 7.35. The highest BCUT2D eigenvalue weighted by Crippen LogP contribution is 2.53. The standard InChI is InChI=1S/C32H34F6N2O6/c1-29(2,3)17-5-11-20(12-6-17)40-26(41)23-24(27(40)42)30(39-25(23)28(43)44-4,18-7-13-21(14-8-18)45-31(33,34)35)19-9-15-22(16-10-19)46-32(36,37)38/h7-10,13-17,20,23-25,39H,5-6,11-12H2,1-4H3/t17?,20?,23-,24+,25-/m1/s1. The second-order valence-corrected chi connectivity index (χ2v) is 13.0. The number of nitrogens with zero attached hydrogens (tertiary/aromatic N) is 1. The topological polar surface area (TPSA) is 94.2 Å². The number of nitrogens with one attached hydrogen (secondary N) is 1. The van der Waals surface area contributed by atoms with Gasteiger partial charge in [0, 0.05) is 6.04 Å². The smallest absolute Gasteiger partial charge is 0.468 e. The second kappa shape index (κ2) is 11.8. The number of alkyl halides is 6. The number of likely N-dealkylation sites (tertiary alicyclic amines) is 1. The van der Waals surface area contributed by atoms with Gasteiger partial charge in [0.15, 0.2) is 0 Å². The molecule has 3 fully saturated rings. The average Bonchev–Trinajstić information content (AvgIpc) is 3.45. The fourth-order valence-corrected chi connectivity index (χ4v) is 7.35. The summed E-state index contributed by atoms with van der Waals surface area (Å²) < 4.78 is 90.6. The summed E-state index contributed by atoms with van der Waals surface area (Å²) in [6, 6.07) is 7.26. The molecule has 1 saturated carbocycles. The zero-order valence-electron chi connectivity index (χ0n) is 25.5. The van der Waals surface area contributed by atoms with Crippen LogP contribution in [0.2, 0.25) is 0 Å². The molecule has 1 aliphatic carbocycles. The zero-order valence-corrected chi connectivity index (χ0v) is 25.5. The monoisotopic (exact) mass is 656 g/mol. The third-order valence-electron chi connectivity index (χ3n) is 9.42. The first-order valence-electron chi connectivity index (χ1n) is 14.8. The van der Waals surface area contributed by atoms with Crippen LogP contribution in [0.3, 0.4) is 0 Å². The number of rotatable bonds is 6. The molecular weight excluding hydrogens is 622 g/mol. The maximum Gasteiger partial charge on any atom is 0.573 e. The lowest BCUT2D eigenvalue weighted by Gasteiger charge is -2.41. The number of amides is 2. The predicted molar refractivity (Wildman–Crippen MR) is 150 cm³/mol. The van der Waals surface area contributed by atoms with E-state index in [0.29, 0.717) is 18.8 Å². The molecule has 3 aliphatic rings. The largest absolute Gasteiger partial charge is 0.573 e. The third-order valence-corrected chi connectivity index (χ3v) is 9.42. The number of benzene rings is 2. The molecule has 14 heteroatoms. The molecule has 8 nitrogen and oxygen atoms in total. The summed E-state index contributed by atoms with van der Waals surface area (Å²) in [5.41, 5.74) is -1.37. The SMILES string of the molecule is COC(=O)[C@@H]1NC(c2ccc(OC(F)(F)F)cc2)(c2ccc(OC(F)(F)F)cc2)[C@@H]2C(=O)N(C3CCC(C(C)(C)C)CC3)C(=O)[C@H]21. The van der Waals surface area contributed by atoms with Crippen LogP contribution in [0.1, 0.15) is 57.6 Å². The molecule has 2 amide bonds. The van der Waals surface area contributed by atoms with Crippen molar-refractivity contribution in [2.45, 2.75) is 76.8 Å². The van der Waals surface area contributed by atoms with E-state index < -0.39 is 71.5 Å². The number of hydrogen-bond acceptors (Lipinski definition) is 7. The van der Waals surface area contributed by atoms with Gasteiger partial charge >= 0.3 is 18.7 Å². The van der Waals surface area contributed by atoms with Crippen LogP contribution in [0.15, 0.2) is 48.5 Å². The van der Waals surface area contributed by atoms with Crippen LogP contribution >= 0.6 is 0 Å². The Morgan fingerprint density at radius 1 is 0.783 bits per heavy atom. The Morgan fingerprint density at radius 2 is 1.24 bits per heavy atom. The second-order valence-electron chi connectivity index (χ2n) is 13.0. The van der Waals surface area contributed by atoms with Crippen molar-refractivity contribution in [1.82, 2.24) is 10.2 Å². The first kappa shape index (κ1) is 33.6. The Labute approximate surface area is 261 Å². The minimum Gasteiger partial charge on any atom is -0.468 e. The Morgan fingerprint density at radius 3 is 1.63 bits per heavy atom. The molecule has 3 atom stereocenters. The molecule has 2 aliphatic heterocycles. The molecule has 5 rings (SSSR count). The van der Waals surface area contributed by atoms with E-state index in [2.05, 4.69) is 35.6 Å². The molecule has 1 N–H and O–H groups in total. The quantitative estimate of drug-likeness (QED) is 0.229. The summed E-state index contributed by atoms with van der Waals surface area (Å²) >= 11 is 0. The lowest BCUT2D eigenvalue weighted by molar-refractivity contribution is -0.275. The normalized spacial score (nSPS) is 26.6. The molecule has 0 unspecified atom stereocenters. The lowest BCUT2D eigenvalue weighted by atomic mass is 9.71. The Hall–Kier alpha value is -3.81. The van der Waals surface area contributed by atoms with Crippen LogP contribution in [0.4, 0.5) is 26.3 Å². The molecule has 0 aromatic heterocycles. The van der Waals surface area contributed by atoms with Crippen LogP contribution in [0, 0.1) is 23.2 Å². The van der Waals surface area contributed by atoms with Crippen molar-refractivity contribution in [2.24, 2.45) is 23.2 Å². The number of esters is 1. The van der Waals surface area contributed by atoms with Crippen LogP contribution in [0.5, 0.6) is 11.5 Å². The van der Waals surface area contributed by atoms with E-state index in [4.69, 9.17) is 4.74 Å². The van der Waals surface area contributed by atoms with Crippen molar-refractivity contribution in [2.75, 3.05) is 7.11 Å². The highest BCUT2D eigenvalue weighted by molar-refractivity contribution is 6.09. The number of halogens is 6. The highest BCUT2D eigenvalue weighted by Gasteiger charge is 2.69. The van der Waals surface area contributed by atoms with E-state index in [9.17, 15) is 40.7 Å². The maximum absolute atomic E-state index is 14.5. The lowest BCUT2D eigenvalue weighted by Crippen LogP contribution is -2.53. The molecule has 2 aromatic carbocycles. The van der Waals surface area contributed by atoms with Gasteiger partial charge in [0.25, 0.3) is 0 Å². The molecule has 250 valence electrons. The molecule has 2 heterocycles. The van der Waals surface area contributed by atoms with E-state index in [1.807, 2.05) is 0 Å². The van der Waals surface area contributed by atoms with Gasteiger partial charge in [0.2, 0.25) is 11.8 Å². The third kappa shape index (κ3) is 6.27. The number of carbonyl (C=O) groups is 3. The van der Waals surface area contributed by atoms with E-state index in [1.165, 1.54) is 29.2 Å². The zero-order chi connectivity index (χ0) is 33.8. The molecule has 0 spiro atoms. The summed E-state index contributed by atoms with van der Waals surface area (Å²) in [4.78, 5) is 43.0. The summed E-state index contributed by atoms with van der Waals surface area (Å²) in [5.74, 6) is -5.37. The summed E-state index contributed by atoms with van der Waals surface area (Å²) in [6.07, 6.45) is -7.33. The molecule has 0 radical (unpaired) electrons. The number of carbonyl (C=O) groups excluding carboxylic acids is 3. The van der Waals surface area contributed by atoms with Crippen LogP contribution in [-0.2, 0) is 24.7 Å². The number of hydrogen-bond donors (Lipinski definition) is 1. The first-order chi connectivity index (χ1) is 21.4. The summed E-state index contributed by atoms with van der Waals surface area (Å²) in [5, 5.41) is 3.07. The van der Waals surface area contributed by atoms with Gasteiger partial charge in [-0.05, 0) is 72.4 Å². The molecular formula is C32H34F6N2O6. The van der Waals surface area contributed by atoms with Crippen molar-refractivity contribution in [3.63, 3.8) is 0 Å². The maximum atomic E-state index is 14.5. The first-order valence-corrected chi connectivity index (χ1v) is 14.8. The Kier molecular flexibility index (Phi) is 8.58. The van der Waals surface area contributed by atoms with Crippen molar-refractivity contribution in [3.05, 3.63) is 59.7 Å². The van der Waals surface area contributed by atoms with Crippen molar-refractivity contribution >= 4 is 17.8 Å². The van der Waals surface area contributed by atoms with E-state index in [0.717, 1.165) is 44.2 Å².